The number of nitriles is 1. The fourth-order valence-corrected chi connectivity index (χ4v) is 4.08. The molecule has 8 heteroatoms. The van der Waals surface area contributed by atoms with Crippen LogP contribution in [0.2, 0.25) is 0 Å². The minimum Gasteiger partial charge on any atom is -0.355 e. The first-order chi connectivity index (χ1) is 15.0. The molecule has 4 rings (SSSR count). The Hall–Kier alpha value is -3.99. The van der Waals surface area contributed by atoms with Gasteiger partial charge in [0.25, 0.3) is 5.91 Å². The number of carbonyl (C=O) groups is 1. The van der Waals surface area contributed by atoms with Crippen molar-refractivity contribution in [3.63, 3.8) is 0 Å². The molecule has 0 radical (unpaired) electrons. The fourth-order valence-electron chi connectivity index (χ4n) is 4.08. The number of carbonyl (C=O) groups excluding carboxylic acids is 1. The van der Waals surface area contributed by atoms with E-state index in [2.05, 4.69) is 32.7 Å². The van der Waals surface area contributed by atoms with Gasteiger partial charge in [0.1, 0.15) is 5.82 Å². The minimum atomic E-state index is -0.113. The van der Waals surface area contributed by atoms with E-state index in [4.69, 9.17) is 0 Å². The zero-order valence-corrected chi connectivity index (χ0v) is 17.5. The van der Waals surface area contributed by atoms with Gasteiger partial charge < -0.3 is 9.80 Å². The maximum Gasteiger partial charge on any atom is 0.256 e. The number of hydrogen-bond donors (Lipinski definition) is 0. The van der Waals surface area contributed by atoms with E-state index in [1.165, 1.54) is 4.80 Å². The summed E-state index contributed by atoms with van der Waals surface area (Å²) in [4.78, 5) is 23.4. The predicted octanol–water partition coefficient (Wildman–Crippen LogP) is 2.75. The van der Waals surface area contributed by atoms with Gasteiger partial charge in [0.2, 0.25) is 0 Å². The molecule has 8 nitrogen and oxygen atoms in total. The Bertz CT molecular complexity index is 1150. The van der Waals surface area contributed by atoms with Crippen LogP contribution in [0, 0.1) is 18.3 Å². The molecule has 1 fully saturated rings. The molecule has 156 valence electrons. The standard InChI is InChI=1S/C23H23N7O/c1-4-18-13-19(28(3)22-16(2)17(14-24)9-10-25-22)15-29(18)23(31)20-7-5-6-8-21(20)30-26-11-12-27-30/h4-12,18-19H,1,13,15H2,2-3H3/t18-,19-/m1/s1. The molecule has 0 N–H and O–H groups in total. The Morgan fingerprint density at radius 3 is 2.71 bits per heavy atom. The molecule has 1 amide bonds. The number of pyridine rings is 1. The van der Waals surface area contributed by atoms with Crippen molar-refractivity contribution in [3.05, 3.63) is 78.3 Å². The Labute approximate surface area is 181 Å². The van der Waals surface area contributed by atoms with E-state index in [0.29, 0.717) is 23.4 Å². The van der Waals surface area contributed by atoms with E-state index in [1.807, 2.05) is 43.1 Å². The zero-order chi connectivity index (χ0) is 22.0. The van der Waals surface area contributed by atoms with Crippen LogP contribution >= 0.6 is 0 Å². The van der Waals surface area contributed by atoms with E-state index in [9.17, 15) is 10.1 Å². The maximum atomic E-state index is 13.5. The molecule has 0 spiro atoms. The largest absolute Gasteiger partial charge is 0.355 e. The quantitative estimate of drug-likeness (QED) is 0.598. The highest BCUT2D eigenvalue weighted by Gasteiger charge is 2.37. The second-order valence-corrected chi connectivity index (χ2v) is 7.52. The van der Waals surface area contributed by atoms with Crippen molar-refractivity contribution in [2.24, 2.45) is 0 Å². The summed E-state index contributed by atoms with van der Waals surface area (Å²) < 4.78 is 0. The summed E-state index contributed by atoms with van der Waals surface area (Å²) in [5.74, 6) is 0.659. The van der Waals surface area contributed by atoms with Crippen LogP contribution in [0.15, 0.2) is 61.6 Å². The van der Waals surface area contributed by atoms with Gasteiger partial charge in [-0.3, -0.25) is 4.79 Å². The minimum absolute atomic E-state index is 0.0436. The lowest BCUT2D eigenvalue weighted by molar-refractivity contribution is 0.0759. The van der Waals surface area contributed by atoms with E-state index in [-0.39, 0.29) is 18.0 Å². The Balaban J connectivity index is 1.62. The van der Waals surface area contributed by atoms with Gasteiger partial charge in [0.05, 0.1) is 41.3 Å². The smallest absolute Gasteiger partial charge is 0.256 e. The van der Waals surface area contributed by atoms with E-state index < -0.39 is 0 Å². The number of aromatic nitrogens is 4. The fraction of sp³-hybridized carbons (Fsp3) is 0.261. The lowest BCUT2D eigenvalue weighted by Gasteiger charge is -2.27. The first kappa shape index (κ1) is 20.3. The van der Waals surface area contributed by atoms with Gasteiger partial charge in [-0.15, -0.1) is 6.58 Å². The molecule has 0 aliphatic carbocycles. The lowest BCUT2D eigenvalue weighted by atomic mass is 10.1. The molecule has 31 heavy (non-hydrogen) atoms. The molecule has 1 saturated heterocycles. The van der Waals surface area contributed by atoms with E-state index in [0.717, 1.165) is 17.8 Å². The number of rotatable bonds is 5. The van der Waals surface area contributed by atoms with Crippen LogP contribution in [-0.2, 0) is 0 Å². The molecule has 1 aromatic carbocycles. The van der Waals surface area contributed by atoms with Gasteiger partial charge in [-0.2, -0.15) is 20.3 Å². The number of likely N-dealkylation sites (tertiary alicyclic amines) is 1. The van der Waals surface area contributed by atoms with Crippen molar-refractivity contribution in [2.45, 2.75) is 25.4 Å². The van der Waals surface area contributed by atoms with Crippen LogP contribution < -0.4 is 4.90 Å². The third-order valence-electron chi connectivity index (χ3n) is 5.80. The highest BCUT2D eigenvalue weighted by Crippen LogP contribution is 2.29. The van der Waals surface area contributed by atoms with Crippen LogP contribution in [0.5, 0.6) is 0 Å². The monoisotopic (exact) mass is 413 g/mol. The Kier molecular flexibility index (Phi) is 5.50. The summed E-state index contributed by atoms with van der Waals surface area (Å²) in [6, 6.07) is 11.2. The molecule has 2 atom stereocenters. The SMILES string of the molecule is C=C[C@@H]1C[C@@H](N(C)c2nccc(C#N)c2C)CN1C(=O)c1ccccc1-n1nccn1. The average Bonchev–Trinajstić information content (AvgIpc) is 3.48. The van der Waals surface area contributed by atoms with Gasteiger partial charge in [-0.05, 0) is 31.5 Å². The second-order valence-electron chi connectivity index (χ2n) is 7.52. The normalized spacial score (nSPS) is 17.9. The van der Waals surface area contributed by atoms with Gasteiger partial charge in [0.15, 0.2) is 0 Å². The van der Waals surface area contributed by atoms with Crippen molar-refractivity contribution in [1.29, 1.82) is 5.26 Å². The van der Waals surface area contributed by atoms with Crippen molar-refractivity contribution in [1.82, 2.24) is 24.9 Å². The molecule has 0 bridgehead atoms. The Morgan fingerprint density at radius 1 is 1.26 bits per heavy atom. The number of likely N-dealkylation sites (N-methyl/N-ethyl adjacent to an activating group) is 1. The molecular formula is C23H23N7O. The number of hydrogen-bond acceptors (Lipinski definition) is 6. The van der Waals surface area contributed by atoms with Crippen molar-refractivity contribution in [2.75, 3.05) is 18.5 Å². The summed E-state index contributed by atoms with van der Waals surface area (Å²) in [6.07, 6.45) is 7.35. The number of para-hydroxylation sites is 1. The van der Waals surface area contributed by atoms with Crippen LogP contribution in [0.4, 0.5) is 5.82 Å². The van der Waals surface area contributed by atoms with Gasteiger partial charge in [-0.1, -0.05) is 18.2 Å². The third kappa shape index (κ3) is 3.66. The van der Waals surface area contributed by atoms with Crippen LogP contribution in [0.3, 0.4) is 0 Å². The summed E-state index contributed by atoms with van der Waals surface area (Å²) >= 11 is 0. The van der Waals surface area contributed by atoms with E-state index in [1.54, 1.807) is 30.7 Å². The van der Waals surface area contributed by atoms with Crippen molar-refractivity contribution >= 4 is 11.7 Å². The van der Waals surface area contributed by atoms with E-state index >= 15 is 0 Å². The van der Waals surface area contributed by atoms with Crippen LogP contribution in [-0.4, -0.2) is 56.5 Å². The van der Waals surface area contributed by atoms with Gasteiger partial charge in [-0.25, -0.2) is 4.98 Å². The summed E-state index contributed by atoms with van der Waals surface area (Å²) in [7, 11) is 1.96. The first-order valence-electron chi connectivity index (χ1n) is 10.0. The molecule has 2 aromatic heterocycles. The number of nitrogens with zero attached hydrogens (tertiary/aromatic N) is 7. The number of benzene rings is 1. The summed E-state index contributed by atoms with van der Waals surface area (Å²) in [6.45, 7) is 6.37. The maximum absolute atomic E-state index is 13.5. The third-order valence-corrected chi connectivity index (χ3v) is 5.80. The van der Waals surface area contributed by atoms with Crippen molar-refractivity contribution in [3.8, 4) is 11.8 Å². The van der Waals surface area contributed by atoms with Gasteiger partial charge >= 0.3 is 0 Å². The summed E-state index contributed by atoms with van der Waals surface area (Å²) in [5.41, 5.74) is 2.61. The molecule has 1 aliphatic rings. The number of amides is 1. The summed E-state index contributed by atoms with van der Waals surface area (Å²) in [5, 5.41) is 17.7. The van der Waals surface area contributed by atoms with Gasteiger partial charge in [0, 0.05) is 31.4 Å². The molecule has 0 saturated carbocycles. The highest BCUT2D eigenvalue weighted by atomic mass is 16.2. The topological polar surface area (TPSA) is 90.9 Å². The molecule has 3 aromatic rings. The molecule has 1 aliphatic heterocycles. The second kappa shape index (κ2) is 8.40. The number of anilines is 1. The molecule has 0 unspecified atom stereocenters. The highest BCUT2D eigenvalue weighted by molar-refractivity contribution is 5.98. The first-order valence-corrected chi connectivity index (χ1v) is 10.0. The Morgan fingerprint density at radius 2 is 2.00 bits per heavy atom. The molecular weight excluding hydrogens is 390 g/mol. The average molecular weight is 413 g/mol. The molecule has 3 heterocycles. The van der Waals surface area contributed by atoms with Crippen LogP contribution in [0.1, 0.15) is 27.9 Å². The zero-order valence-electron chi connectivity index (χ0n) is 17.5. The van der Waals surface area contributed by atoms with Crippen LogP contribution in [0.25, 0.3) is 5.69 Å². The van der Waals surface area contributed by atoms with Crippen molar-refractivity contribution < 1.29 is 4.79 Å². The predicted molar refractivity (Wildman–Crippen MR) is 117 cm³/mol. The lowest BCUT2D eigenvalue weighted by Crippen LogP contribution is -2.38.